The molecule has 0 saturated carbocycles. The first-order valence-corrected chi connectivity index (χ1v) is 5.52. The van der Waals surface area contributed by atoms with Crippen LogP contribution in [-0.2, 0) is 14.6 Å². The van der Waals surface area contributed by atoms with Crippen LogP contribution in [0.1, 0.15) is 6.42 Å². The van der Waals surface area contributed by atoms with Gasteiger partial charge < -0.3 is 4.74 Å². The molecule has 1 aliphatic rings. The molecule has 5 heteroatoms. The van der Waals surface area contributed by atoms with Crippen LogP contribution in [0, 0.1) is 0 Å². The maximum Gasteiger partial charge on any atom is 0.222 e. The first-order chi connectivity index (χ1) is 6.21. The van der Waals surface area contributed by atoms with E-state index in [0.717, 1.165) is 0 Å². The van der Waals surface area contributed by atoms with Gasteiger partial charge in [-0.15, -0.1) is 0 Å². The first kappa shape index (κ1) is 8.65. The van der Waals surface area contributed by atoms with E-state index in [2.05, 4.69) is 4.98 Å². The predicted octanol–water partition coefficient (Wildman–Crippen LogP) is 0.602. The van der Waals surface area contributed by atoms with E-state index >= 15 is 0 Å². The average molecular weight is 199 g/mol. The van der Waals surface area contributed by atoms with Gasteiger partial charge in [0.15, 0.2) is 10.5 Å². The topological polar surface area (TPSA) is 56.3 Å². The molecule has 1 saturated heterocycles. The molecule has 70 valence electrons. The molecule has 2 heterocycles. The van der Waals surface area contributed by atoms with E-state index in [1.54, 1.807) is 12.1 Å². The van der Waals surface area contributed by atoms with Crippen molar-refractivity contribution in [1.29, 1.82) is 0 Å². The minimum absolute atomic E-state index is 0.0969. The molecule has 1 aliphatic heterocycles. The highest BCUT2D eigenvalue weighted by molar-refractivity contribution is 7.91. The molecule has 0 bridgehead atoms. The molecule has 4 nitrogen and oxygen atoms in total. The molecule has 0 unspecified atom stereocenters. The first-order valence-electron chi connectivity index (χ1n) is 3.98. The zero-order valence-electron chi connectivity index (χ0n) is 6.88. The lowest BCUT2D eigenvalue weighted by atomic mass is 10.4. The molecular formula is C8H9NO3S. The van der Waals surface area contributed by atoms with Gasteiger partial charge in [-0.25, -0.2) is 13.4 Å². The molecule has 0 spiro atoms. The van der Waals surface area contributed by atoms with Crippen LogP contribution < -0.4 is 0 Å². The van der Waals surface area contributed by atoms with Crippen molar-refractivity contribution in [2.24, 2.45) is 0 Å². The summed E-state index contributed by atoms with van der Waals surface area (Å²) in [6.45, 7) is 0.525. The Labute approximate surface area is 76.5 Å². The molecule has 0 radical (unpaired) electrons. The molecule has 13 heavy (non-hydrogen) atoms. The predicted molar refractivity (Wildman–Crippen MR) is 45.8 cm³/mol. The summed E-state index contributed by atoms with van der Waals surface area (Å²) in [4.78, 5) is 3.79. The van der Waals surface area contributed by atoms with E-state index in [-0.39, 0.29) is 5.03 Å². The summed E-state index contributed by atoms with van der Waals surface area (Å²) >= 11 is 0. The second kappa shape index (κ2) is 3.08. The maximum absolute atomic E-state index is 11.6. The summed E-state index contributed by atoms with van der Waals surface area (Å²) in [5.74, 6) is 0. The normalized spacial score (nSPS) is 22.3. The van der Waals surface area contributed by atoms with Gasteiger partial charge in [0.05, 0.1) is 6.61 Å². The Bertz CT molecular complexity index is 383. The third kappa shape index (κ3) is 1.45. The highest BCUT2D eigenvalue weighted by Crippen LogP contribution is 2.23. The summed E-state index contributed by atoms with van der Waals surface area (Å²) in [6.07, 6.45) is 2.03. The molecular weight excluding hydrogens is 190 g/mol. The van der Waals surface area contributed by atoms with E-state index in [9.17, 15) is 8.42 Å². The second-order valence-corrected chi connectivity index (χ2v) is 4.84. The van der Waals surface area contributed by atoms with E-state index < -0.39 is 15.3 Å². The van der Waals surface area contributed by atoms with E-state index in [0.29, 0.717) is 13.0 Å². The largest absolute Gasteiger partial charge is 0.362 e. The standard InChI is InChI=1S/C8H9NO3S/c10-13(11,8-4-6-12-8)7-3-1-2-5-9-7/h1-3,5,8H,4,6H2/t8-/m1/s1. The zero-order chi connectivity index (χ0) is 9.31. The molecule has 0 amide bonds. The van der Waals surface area contributed by atoms with Gasteiger partial charge in [0.1, 0.15) is 0 Å². The number of sulfone groups is 1. The van der Waals surface area contributed by atoms with Gasteiger partial charge in [-0.05, 0) is 12.1 Å². The van der Waals surface area contributed by atoms with Crippen LogP contribution in [0.3, 0.4) is 0 Å². The fraction of sp³-hybridized carbons (Fsp3) is 0.375. The highest BCUT2D eigenvalue weighted by atomic mass is 32.2. The lowest BCUT2D eigenvalue weighted by molar-refractivity contribution is 0.00302. The van der Waals surface area contributed by atoms with Crippen LogP contribution in [0.2, 0.25) is 0 Å². The second-order valence-electron chi connectivity index (χ2n) is 2.80. The van der Waals surface area contributed by atoms with Crippen LogP contribution in [-0.4, -0.2) is 25.4 Å². The van der Waals surface area contributed by atoms with Crippen LogP contribution >= 0.6 is 0 Å². The third-order valence-corrected chi connectivity index (χ3v) is 3.82. The molecule has 0 aliphatic carbocycles. The fourth-order valence-corrected chi connectivity index (χ4v) is 2.54. The Morgan fingerprint density at radius 1 is 1.46 bits per heavy atom. The summed E-state index contributed by atoms with van der Waals surface area (Å²) < 4.78 is 28.2. The Balaban J connectivity index is 2.35. The highest BCUT2D eigenvalue weighted by Gasteiger charge is 2.34. The lowest BCUT2D eigenvalue weighted by Gasteiger charge is -2.25. The SMILES string of the molecule is O=S(=O)(c1ccccn1)[C@@H]1CCO1. The Hall–Kier alpha value is -0.940. The molecule has 1 aromatic rings. The van der Waals surface area contributed by atoms with Gasteiger partial charge in [-0.2, -0.15) is 0 Å². The fourth-order valence-electron chi connectivity index (χ4n) is 1.11. The molecule has 2 rings (SSSR count). The van der Waals surface area contributed by atoms with Gasteiger partial charge in [-0.3, -0.25) is 0 Å². The quantitative estimate of drug-likeness (QED) is 0.700. The molecule has 1 aromatic heterocycles. The van der Waals surface area contributed by atoms with Crippen molar-refractivity contribution in [3.8, 4) is 0 Å². The van der Waals surface area contributed by atoms with Gasteiger partial charge in [0.2, 0.25) is 9.84 Å². The summed E-state index contributed by atoms with van der Waals surface area (Å²) in [7, 11) is -3.34. The number of ether oxygens (including phenoxy) is 1. The van der Waals surface area contributed by atoms with Crippen molar-refractivity contribution in [2.45, 2.75) is 16.9 Å². The Morgan fingerprint density at radius 2 is 2.23 bits per heavy atom. The van der Waals surface area contributed by atoms with Crippen molar-refractivity contribution in [2.75, 3.05) is 6.61 Å². The molecule has 0 aromatic carbocycles. The van der Waals surface area contributed by atoms with Crippen LogP contribution in [0.25, 0.3) is 0 Å². The summed E-state index contributed by atoms with van der Waals surface area (Å²) in [5.41, 5.74) is -0.678. The molecule has 1 fully saturated rings. The van der Waals surface area contributed by atoms with E-state index in [1.807, 2.05) is 0 Å². The number of nitrogens with zero attached hydrogens (tertiary/aromatic N) is 1. The number of hydrogen-bond donors (Lipinski definition) is 0. The van der Waals surface area contributed by atoms with Crippen LogP contribution in [0.15, 0.2) is 29.4 Å². The van der Waals surface area contributed by atoms with Gasteiger partial charge in [0.25, 0.3) is 0 Å². The number of pyridine rings is 1. The Morgan fingerprint density at radius 3 is 2.69 bits per heavy atom. The summed E-state index contributed by atoms with van der Waals surface area (Å²) in [5, 5.41) is 0.0969. The zero-order valence-corrected chi connectivity index (χ0v) is 7.70. The van der Waals surface area contributed by atoms with Gasteiger partial charge in [0, 0.05) is 12.6 Å². The van der Waals surface area contributed by atoms with Crippen molar-refractivity contribution >= 4 is 9.84 Å². The molecule has 1 atom stereocenters. The van der Waals surface area contributed by atoms with Crippen molar-refractivity contribution in [3.63, 3.8) is 0 Å². The summed E-state index contributed by atoms with van der Waals surface area (Å²) in [6, 6.07) is 4.82. The van der Waals surface area contributed by atoms with Crippen LogP contribution in [0.5, 0.6) is 0 Å². The monoisotopic (exact) mass is 199 g/mol. The minimum atomic E-state index is -3.34. The van der Waals surface area contributed by atoms with Crippen molar-refractivity contribution < 1.29 is 13.2 Å². The average Bonchev–Trinajstić information content (AvgIpc) is 2.02. The van der Waals surface area contributed by atoms with Gasteiger partial charge >= 0.3 is 0 Å². The van der Waals surface area contributed by atoms with E-state index in [4.69, 9.17) is 4.74 Å². The van der Waals surface area contributed by atoms with Crippen molar-refractivity contribution in [3.05, 3.63) is 24.4 Å². The Kier molecular flexibility index (Phi) is 2.05. The van der Waals surface area contributed by atoms with Crippen molar-refractivity contribution in [1.82, 2.24) is 4.98 Å². The van der Waals surface area contributed by atoms with Gasteiger partial charge in [-0.1, -0.05) is 6.07 Å². The number of rotatable bonds is 2. The number of aromatic nitrogens is 1. The third-order valence-electron chi connectivity index (χ3n) is 1.93. The minimum Gasteiger partial charge on any atom is -0.362 e. The molecule has 0 N–H and O–H groups in total. The van der Waals surface area contributed by atoms with E-state index in [1.165, 1.54) is 12.3 Å². The lowest BCUT2D eigenvalue weighted by Crippen LogP contribution is -2.35. The number of hydrogen-bond acceptors (Lipinski definition) is 4. The smallest absolute Gasteiger partial charge is 0.222 e. The van der Waals surface area contributed by atoms with Crippen LogP contribution in [0.4, 0.5) is 0 Å². The maximum atomic E-state index is 11.6.